The van der Waals surface area contributed by atoms with Crippen LogP contribution in [0, 0.1) is 0 Å². The minimum absolute atomic E-state index is 0.0975. The van der Waals surface area contributed by atoms with Gasteiger partial charge in [-0.05, 0) is 23.4 Å². The van der Waals surface area contributed by atoms with Gasteiger partial charge < -0.3 is 9.64 Å². The van der Waals surface area contributed by atoms with Gasteiger partial charge in [-0.2, -0.15) is 11.3 Å². The summed E-state index contributed by atoms with van der Waals surface area (Å²) < 4.78 is 7.57. The molecule has 1 atom stereocenters. The van der Waals surface area contributed by atoms with Crippen molar-refractivity contribution >= 4 is 17.2 Å². The van der Waals surface area contributed by atoms with Crippen molar-refractivity contribution in [1.82, 2.24) is 19.9 Å². The third-order valence-corrected chi connectivity index (χ3v) is 5.20. The Labute approximate surface area is 156 Å². The number of ether oxygens (including phenoxy) is 1. The van der Waals surface area contributed by atoms with Gasteiger partial charge in [-0.1, -0.05) is 35.5 Å². The molecule has 1 aliphatic rings. The molecule has 2 aromatic heterocycles. The summed E-state index contributed by atoms with van der Waals surface area (Å²) in [6.07, 6.45) is 2.82. The molecule has 3 heterocycles. The molecule has 1 aromatic carbocycles. The molecule has 6 nitrogen and oxygen atoms in total. The predicted molar refractivity (Wildman–Crippen MR) is 98.8 cm³/mol. The molecule has 0 radical (unpaired) electrons. The van der Waals surface area contributed by atoms with E-state index < -0.39 is 0 Å². The molecule has 4 rings (SSSR count). The molecule has 134 valence electrons. The Kier molecular flexibility index (Phi) is 5.08. The van der Waals surface area contributed by atoms with Gasteiger partial charge in [-0.25, -0.2) is 4.68 Å². The minimum atomic E-state index is 0.0975. The molecule has 26 heavy (non-hydrogen) atoms. The van der Waals surface area contributed by atoms with Gasteiger partial charge in [0.15, 0.2) is 0 Å². The number of hydrogen-bond donors (Lipinski definition) is 0. The van der Waals surface area contributed by atoms with Gasteiger partial charge in [0.1, 0.15) is 5.69 Å². The summed E-state index contributed by atoms with van der Waals surface area (Å²) in [6.45, 7) is 2.40. The van der Waals surface area contributed by atoms with Crippen LogP contribution in [0.15, 0.2) is 53.4 Å². The van der Waals surface area contributed by atoms with E-state index in [-0.39, 0.29) is 11.9 Å². The number of hydrogen-bond acceptors (Lipinski definition) is 5. The Hall–Kier alpha value is -2.51. The van der Waals surface area contributed by atoms with Crippen LogP contribution >= 0.6 is 11.3 Å². The van der Waals surface area contributed by atoms with E-state index in [4.69, 9.17) is 4.74 Å². The van der Waals surface area contributed by atoms with Crippen LogP contribution in [0.3, 0.4) is 0 Å². The van der Waals surface area contributed by atoms with Crippen LogP contribution in [0.25, 0.3) is 0 Å². The first-order chi connectivity index (χ1) is 12.8. The number of nitrogens with zero attached hydrogens (tertiary/aromatic N) is 4. The van der Waals surface area contributed by atoms with Crippen molar-refractivity contribution in [3.63, 3.8) is 0 Å². The predicted octanol–water partition coefficient (Wildman–Crippen LogP) is 3.14. The van der Waals surface area contributed by atoms with Crippen molar-refractivity contribution in [3.8, 4) is 0 Å². The fourth-order valence-corrected chi connectivity index (χ4v) is 3.75. The zero-order valence-corrected chi connectivity index (χ0v) is 15.1. The van der Waals surface area contributed by atoms with Crippen molar-refractivity contribution in [3.05, 3.63) is 70.2 Å². The molecule has 0 spiro atoms. The van der Waals surface area contributed by atoms with E-state index in [0.717, 1.165) is 29.8 Å². The van der Waals surface area contributed by atoms with Crippen molar-refractivity contribution < 1.29 is 9.53 Å². The summed E-state index contributed by atoms with van der Waals surface area (Å²) in [7, 11) is 0. The number of carbonyl (C=O) groups is 1. The second-order valence-electron chi connectivity index (χ2n) is 6.37. The van der Waals surface area contributed by atoms with Crippen LogP contribution in [-0.2, 0) is 18.0 Å². The first kappa shape index (κ1) is 16.9. The van der Waals surface area contributed by atoms with Gasteiger partial charge in [-0.3, -0.25) is 4.79 Å². The highest BCUT2D eigenvalue weighted by Gasteiger charge is 2.29. The SMILES string of the molecule is O=C(c1ccsc1)N1CCC(n2cc(COCc3ccccc3)nn2)C1. The molecule has 1 fully saturated rings. The van der Waals surface area contributed by atoms with E-state index in [1.165, 1.54) is 0 Å². The highest BCUT2D eigenvalue weighted by Crippen LogP contribution is 2.23. The standard InChI is InChI=1S/C19H20N4O2S/c24-19(16-7-9-26-14-16)22-8-6-18(11-22)23-10-17(20-21-23)13-25-12-15-4-2-1-3-5-15/h1-5,7,9-10,14,18H,6,8,11-13H2. The third-order valence-electron chi connectivity index (χ3n) is 4.51. The van der Waals surface area contributed by atoms with Crippen LogP contribution in [0.5, 0.6) is 0 Å². The minimum Gasteiger partial charge on any atom is -0.370 e. The smallest absolute Gasteiger partial charge is 0.254 e. The summed E-state index contributed by atoms with van der Waals surface area (Å²) in [6, 6.07) is 12.1. The van der Waals surface area contributed by atoms with E-state index in [2.05, 4.69) is 10.3 Å². The lowest BCUT2D eigenvalue weighted by atomic mass is 10.2. The lowest BCUT2D eigenvalue weighted by molar-refractivity contribution is 0.0787. The van der Waals surface area contributed by atoms with Crippen molar-refractivity contribution in [2.45, 2.75) is 25.7 Å². The molecule has 0 bridgehead atoms. The topological polar surface area (TPSA) is 60.2 Å². The Morgan fingerprint density at radius 1 is 1.23 bits per heavy atom. The van der Waals surface area contributed by atoms with Crippen molar-refractivity contribution in [2.75, 3.05) is 13.1 Å². The maximum Gasteiger partial charge on any atom is 0.254 e. The van der Waals surface area contributed by atoms with Gasteiger partial charge in [-0.15, -0.1) is 5.10 Å². The van der Waals surface area contributed by atoms with Gasteiger partial charge in [0.25, 0.3) is 5.91 Å². The number of thiophene rings is 1. The van der Waals surface area contributed by atoms with E-state index in [0.29, 0.717) is 19.8 Å². The van der Waals surface area contributed by atoms with Crippen LogP contribution in [0.4, 0.5) is 0 Å². The summed E-state index contributed by atoms with van der Waals surface area (Å²) in [5, 5.41) is 12.3. The number of carbonyl (C=O) groups excluding carboxylic acids is 1. The zero-order valence-electron chi connectivity index (χ0n) is 14.3. The van der Waals surface area contributed by atoms with Crippen molar-refractivity contribution in [1.29, 1.82) is 0 Å². The Balaban J connectivity index is 1.30. The first-order valence-corrected chi connectivity index (χ1v) is 9.58. The van der Waals surface area contributed by atoms with Crippen molar-refractivity contribution in [2.24, 2.45) is 0 Å². The van der Waals surface area contributed by atoms with Gasteiger partial charge in [0, 0.05) is 18.5 Å². The second-order valence-corrected chi connectivity index (χ2v) is 7.15. The van der Waals surface area contributed by atoms with E-state index in [9.17, 15) is 4.79 Å². The third kappa shape index (κ3) is 3.84. The van der Waals surface area contributed by atoms with E-state index in [1.807, 2.05) is 62.9 Å². The number of likely N-dealkylation sites (tertiary alicyclic amines) is 1. The van der Waals surface area contributed by atoms with Gasteiger partial charge >= 0.3 is 0 Å². The number of rotatable bonds is 6. The van der Waals surface area contributed by atoms with Crippen LogP contribution in [0.2, 0.25) is 0 Å². The lowest BCUT2D eigenvalue weighted by Crippen LogP contribution is -2.28. The summed E-state index contributed by atoms with van der Waals surface area (Å²) in [5.41, 5.74) is 2.71. The lowest BCUT2D eigenvalue weighted by Gasteiger charge is -2.15. The highest BCUT2D eigenvalue weighted by molar-refractivity contribution is 7.08. The fraction of sp³-hybridized carbons (Fsp3) is 0.316. The average Bonchev–Trinajstić information content (AvgIpc) is 3.42. The van der Waals surface area contributed by atoms with E-state index >= 15 is 0 Å². The maximum absolute atomic E-state index is 12.4. The molecular formula is C19H20N4O2S. The molecule has 1 saturated heterocycles. The Morgan fingerprint density at radius 2 is 2.12 bits per heavy atom. The Bertz CT molecular complexity index is 848. The number of aromatic nitrogens is 3. The molecule has 0 saturated carbocycles. The fourth-order valence-electron chi connectivity index (χ4n) is 3.12. The maximum atomic E-state index is 12.4. The van der Waals surface area contributed by atoms with Crippen LogP contribution in [0.1, 0.15) is 34.1 Å². The molecule has 0 N–H and O–H groups in total. The molecule has 1 aliphatic heterocycles. The Morgan fingerprint density at radius 3 is 2.92 bits per heavy atom. The normalized spacial score (nSPS) is 16.9. The highest BCUT2D eigenvalue weighted by atomic mass is 32.1. The van der Waals surface area contributed by atoms with Gasteiger partial charge in [0.05, 0.1) is 31.0 Å². The largest absolute Gasteiger partial charge is 0.370 e. The summed E-state index contributed by atoms with van der Waals surface area (Å²) in [4.78, 5) is 14.3. The average molecular weight is 368 g/mol. The van der Waals surface area contributed by atoms with E-state index in [1.54, 1.807) is 11.3 Å². The molecule has 1 unspecified atom stereocenters. The molecule has 7 heteroatoms. The molecule has 3 aromatic rings. The quantitative estimate of drug-likeness (QED) is 0.671. The van der Waals surface area contributed by atoms with Crippen LogP contribution < -0.4 is 0 Å². The molecule has 1 amide bonds. The van der Waals surface area contributed by atoms with Gasteiger partial charge in [0.2, 0.25) is 0 Å². The second kappa shape index (κ2) is 7.80. The summed E-state index contributed by atoms with van der Waals surface area (Å²) >= 11 is 1.54. The molecular weight excluding hydrogens is 348 g/mol. The zero-order chi connectivity index (χ0) is 17.8. The van der Waals surface area contributed by atoms with Crippen LogP contribution in [-0.4, -0.2) is 38.9 Å². The summed E-state index contributed by atoms with van der Waals surface area (Å²) in [5.74, 6) is 0.0975. The number of amides is 1. The number of benzene rings is 1. The molecule has 0 aliphatic carbocycles. The first-order valence-electron chi connectivity index (χ1n) is 8.63. The monoisotopic (exact) mass is 368 g/mol.